The number of para-hydroxylation sites is 1. The van der Waals surface area contributed by atoms with Gasteiger partial charge in [0.25, 0.3) is 5.91 Å². The van der Waals surface area contributed by atoms with Crippen molar-refractivity contribution in [2.45, 2.75) is 13.8 Å². The summed E-state index contributed by atoms with van der Waals surface area (Å²) < 4.78 is 9.86. The van der Waals surface area contributed by atoms with Crippen LogP contribution in [0.25, 0.3) is 0 Å². The molecule has 1 heterocycles. The second-order valence-corrected chi connectivity index (χ2v) is 6.19. The van der Waals surface area contributed by atoms with E-state index in [1.807, 2.05) is 0 Å². The number of hydrogen-bond donors (Lipinski definition) is 1. The first-order valence-corrected chi connectivity index (χ1v) is 8.58. The summed E-state index contributed by atoms with van der Waals surface area (Å²) in [5.74, 6) is -2.01. The lowest BCUT2D eigenvalue weighted by molar-refractivity contribution is -0.119. The summed E-state index contributed by atoms with van der Waals surface area (Å²) in [6.07, 6.45) is 0. The van der Waals surface area contributed by atoms with Gasteiger partial charge in [0.2, 0.25) is 0 Å². The van der Waals surface area contributed by atoms with Gasteiger partial charge in [-0.25, -0.2) is 9.59 Å². The minimum atomic E-state index is -0.698. The molecule has 1 amide bonds. The molecule has 0 unspecified atom stereocenters. The summed E-state index contributed by atoms with van der Waals surface area (Å²) in [4.78, 5) is 47.7. The Bertz CT molecular complexity index is 842. The molecule has 26 heavy (non-hydrogen) atoms. The molecule has 0 bridgehead atoms. The van der Waals surface area contributed by atoms with E-state index < -0.39 is 24.5 Å². The summed E-state index contributed by atoms with van der Waals surface area (Å²) >= 11 is 1.000. The first-order valence-electron chi connectivity index (χ1n) is 7.76. The molecule has 8 heteroatoms. The van der Waals surface area contributed by atoms with Crippen molar-refractivity contribution in [2.75, 3.05) is 18.5 Å². The maximum atomic E-state index is 12.0. The summed E-state index contributed by atoms with van der Waals surface area (Å²) in [6, 6.07) is 9.36. The van der Waals surface area contributed by atoms with E-state index in [4.69, 9.17) is 9.47 Å². The van der Waals surface area contributed by atoms with Gasteiger partial charge in [0.1, 0.15) is 4.88 Å². The minimum Gasteiger partial charge on any atom is -0.462 e. The van der Waals surface area contributed by atoms with Gasteiger partial charge in [-0.05, 0) is 38.1 Å². The standard InChI is InChI=1S/C18H17NO6S/c1-3-24-17(22)12-6-4-5-7-13(12)19-16(21)10-25-18(23)15-9-8-14(26-15)11(2)20/h4-9H,3,10H2,1-2H3,(H,19,21). The summed E-state index contributed by atoms with van der Waals surface area (Å²) in [7, 11) is 0. The monoisotopic (exact) mass is 375 g/mol. The van der Waals surface area contributed by atoms with E-state index in [-0.39, 0.29) is 28.5 Å². The minimum absolute atomic E-state index is 0.151. The maximum absolute atomic E-state index is 12.0. The molecule has 136 valence electrons. The molecule has 0 aliphatic rings. The third kappa shape index (κ3) is 5.00. The maximum Gasteiger partial charge on any atom is 0.348 e. The SMILES string of the molecule is CCOC(=O)c1ccccc1NC(=O)COC(=O)c1ccc(C(C)=O)s1. The lowest BCUT2D eigenvalue weighted by atomic mass is 10.2. The van der Waals surface area contributed by atoms with Crippen LogP contribution < -0.4 is 5.32 Å². The Balaban J connectivity index is 1.95. The first-order chi connectivity index (χ1) is 12.4. The van der Waals surface area contributed by atoms with E-state index in [9.17, 15) is 19.2 Å². The van der Waals surface area contributed by atoms with Gasteiger partial charge in [0.15, 0.2) is 12.4 Å². The van der Waals surface area contributed by atoms with Crippen LogP contribution in [0.2, 0.25) is 0 Å². The van der Waals surface area contributed by atoms with Crippen LogP contribution in [-0.4, -0.2) is 36.8 Å². The normalized spacial score (nSPS) is 10.1. The molecule has 0 saturated carbocycles. The lowest BCUT2D eigenvalue weighted by Crippen LogP contribution is -2.22. The number of benzene rings is 1. The van der Waals surface area contributed by atoms with Crippen molar-refractivity contribution in [3.8, 4) is 0 Å². The molecule has 1 aromatic carbocycles. The average Bonchev–Trinajstić information content (AvgIpc) is 3.11. The first kappa shape index (κ1) is 19.3. The number of nitrogens with one attached hydrogen (secondary N) is 1. The predicted octanol–water partition coefficient (Wildman–Crippen LogP) is 2.92. The van der Waals surface area contributed by atoms with Crippen molar-refractivity contribution in [1.29, 1.82) is 0 Å². The molecule has 1 aromatic heterocycles. The Morgan fingerprint density at radius 2 is 1.65 bits per heavy atom. The van der Waals surface area contributed by atoms with Crippen molar-refractivity contribution >= 4 is 40.7 Å². The Kier molecular flexibility index (Phi) is 6.62. The molecule has 0 aliphatic heterocycles. The van der Waals surface area contributed by atoms with E-state index in [1.54, 1.807) is 25.1 Å². The third-order valence-corrected chi connectivity index (χ3v) is 4.35. The highest BCUT2D eigenvalue weighted by Gasteiger charge is 2.17. The fraction of sp³-hybridized carbons (Fsp3) is 0.222. The Morgan fingerprint density at radius 3 is 2.31 bits per heavy atom. The highest BCUT2D eigenvalue weighted by atomic mass is 32.1. The molecule has 1 N–H and O–H groups in total. The molecule has 7 nitrogen and oxygen atoms in total. The van der Waals surface area contributed by atoms with Gasteiger partial charge in [-0.1, -0.05) is 12.1 Å². The van der Waals surface area contributed by atoms with E-state index in [0.717, 1.165) is 11.3 Å². The highest BCUT2D eigenvalue weighted by Crippen LogP contribution is 2.18. The number of anilines is 1. The van der Waals surface area contributed by atoms with Gasteiger partial charge in [-0.3, -0.25) is 9.59 Å². The average molecular weight is 375 g/mol. The molecule has 0 atom stereocenters. The van der Waals surface area contributed by atoms with Crippen molar-refractivity contribution in [1.82, 2.24) is 0 Å². The Morgan fingerprint density at radius 1 is 0.962 bits per heavy atom. The van der Waals surface area contributed by atoms with Gasteiger partial charge in [0, 0.05) is 0 Å². The van der Waals surface area contributed by atoms with Crippen molar-refractivity contribution in [3.63, 3.8) is 0 Å². The lowest BCUT2D eigenvalue weighted by Gasteiger charge is -2.10. The Labute approximate surface area is 153 Å². The zero-order chi connectivity index (χ0) is 19.1. The van der Waals surface area contributed by atoms with Crippen molar-refractivity contribution in [2.24, 2.45) is 0 Å². The topological polar surface area (TPSA) is 98.8 Å². The van der Waals surface area contributed by atoms with Crippen LogP contribution in [-0.2, 0) is 14.3 Å². The second kappa shape index (κ2) is 8.91. The quantitative estimate of drug-likeness (QED) is 0.590. The third-order valence-electron chi connectivity index (χ3n) is 3.19. The molecule has 0 fully saturated rings. The van der Waals surface area contributed by atoms with E-state index in [0.29, 0.717) is 4.88 Å². The number of Topliss-reactive ketones (excluding diaryl/α,β-unsaturated/α-hetero) is 1. The number of rotatable bonds is 7. The van der Waals surface area contributed by atoms with E-state index in [1.165, 1.54) is 25.1 Å². The van der Waals surface area contributed by atoms with Gasteiger partial charge in [0.05, 0.1) is 22.7 Å². The molecule has 2 aromatic rings. The molecule has 0 aliphatic carbocycles. The summed E-state index contributed by atoms with van der Waals surface area (Å²) in [5, 5.41) is 2.51. The van der Waals surface area contributed by atoms with Gasteiger partial charge >= 0.3 is 11.9 Å². The number of hydrogen-bond acceptors (Lipinski definition) is 7. The van der Waals surface area contributed by atoms with Crippen LogP contribution in [0, 0.1) is 0 Å². The molecule has 0 spiro atoms. The number of carbonyl (C=O) groups excluding carboxylic acids is 4. The number of ketones is 1. The zero-order valence-electron chi connectivity index (χ0n) is 14.2. The Hall–Kier alpha value is -3.00. The van der Waals surface area contributed by atoms with Gasteiger partial charge in [-0.15, -0.1) is 11.3 Å². The van der Waals surface area contributed by atoms with Crippen LogP contribution in [0.5, 0.6) is 0 Å². The highest BCUT2D eigenvalue weighted by molar-refractivity contribution is 7.15. The van der Waals surface area contributed by atoms with Crippen LogP contribution in [0.4, 0.5) is 5.69 Å². The van der Waals surface area contributed by atoms with Crippen LogP contribution >= 0.6 is 11.3 Å². The largest absolute Gasteiger partial charge is 0.462 e. The number of thiophene rings is 1. The van der Waals surface area contributed by atoms with Crippen molar-refractivity contribution in [3.05, 3.63) is 51.7 Å². The summed E-state index contributed by atoms with van der Waals surface area (Å²) in [6.45, 7) is 2.76. The molecule has 2 rings (SSSR count). The molecular weight excluding hydrogens is 358 g/mol. The molecule has 0 radical (unpaired) electrons. The number of amides is 1. The van der Waals surface area contributed by atoms with Crippen LogP contribution in [0.15, 0.2) is 36.4 Å². The second-order valence-electron chi connectivity index (χ2n) is 5.11. The number of ether oxygens (including phenoxy) is 2. The van der Waals surface area contributed by atoms with Crippen molar-refractivity contribution < 1.29 is 28.7 Å². The van der Waals surface area contributed by atoms with E-state index in [2.05, 4.69) is 5.32 Å². The van der Waals surface area contributed by atoms with Crippen LogP contribution in [0.1, 0.15) is 43.5 Å². The molecule has 0 saturated heterocycles. The van der Waals surface area contributed by atoms with E-state index >= 15 is 0 Å². The fourth-order valence-electron chi connectivity index (χ4n) is 2.00. The smallest absolute Gasteiger partial charge is 0.348 e. The molecular formula is C18H17NO6S. The number of esters is 2. The zero-order valence-corrected chi connectivity index (χ0v) is 15.1. The van der Waals surface area contributed by atoms with Crippen LogP contribution in [0.3, 0.4) is 0 Å². The van der Waals surface area contributed by atoms with Gasteiger partial charge in [-0.2, -0.15) is 0 Å². The predicted molar refractivity (Wildman–Crippen MR) is 95.6 cm³/mol. The number of carbonyl (C=O) groups is 4. The fourth-order valence-corrected chi connectivity index (χ4v) is 2.80. The summed E-state index contributed by atoms with van der Waals surface area (Å²) in [5.41, 5.74) is 0.473. The van der Waals surface area contributed by atoms with Gasteiger partial charge < -0.3 is 14.8 Å².